The second kappa shape index (κ2) is 7.77. The molecule has 1 saturated heterocycles. The average molecular weight is 447 g/mol. The van der Waals surface area contributed by atoms with Crippen molar-refractivity contribution < 1.29 is 14.2 Å². The van der Waals surface area contributed by atoms with E-state index in [4.69, 9.17) is 19.9 Å². The van der Waals surface area contributed by atoms with Crippen LogP contribution in [0.1, 0.15) is 26.3 Å². The third-order valence-corrected chi connectivity index (χ3v) is 4.36. The van der Waals surface area contributed by atoms with Gasteiger partial charge in [-0.05, 0) is 24.6 Å². The molecule has 0 bridgehead atoms. The minimum Gasteiger partial charge on any atom is -0.454 e. The summed E-state index contributed by atoms with van der Waals surface area (Å²) in [5, 5.41) is 0. The lowest BCUT2D eigenvalue weighted by atomic mass is 9.84. The summed E-state index contributed by atoms with van der Waals surface area (Å²) in [6, 6.07) is 6.05. The summed E-state index contributed by atoms with van der Waals surface area (Å²) in [6.07, 6.45) is 0.194. The molecule has 0 radical (unpaired) electrons. The van der Waals surface area contributed by atoms with Crippen LogP contribution in [0, 0.1) is 0 Å². The van der Waals surface area contributed by atoms with Crippen LogP contribution in [0.2, 0.25) is 0 Å². The maximum atomic E-state index is 6.16. The number of nitrogens with two attached hydrogens (primary N) is 1. The van der Waals surface area contributed by atoms with E-state index in [-0.39, 0.29) is 35.5 Å². The number of rotatable bonds is 3. The van der Waals surface area contributed by atoms with Crippen LogP contribution < -0.4 is 15.2 Å². The van der Waals surface area contributed by atoms with Crippen molar-refractivity contribution in [3.05, 3.63) is 23.8 Å². The maximum Gasteiger partial charge on any atom is 0.231 e. The van der Waals surface area contributed by atoms with Crippen LogP contribution in [-0.2, 0) is 10.2 Å². The molecule has 134 valence electrons. The van der Waals surface area contributed by atoms with Gasteiger partial charge in [0, 0.05) is 18.5 Å². The van der Waals surface area contributed by atoms with Crippen LogP contribution >= 0.6 is 24.0 Å². The number of hydrogen-bond donors (Lipinski definition) is 1. The van der Waals surface area contributed by atoms with E-state index >= 15 is 0 Å². The molecule has 24 heavy (non-hydrogen) atoms. The van der Waals surface area contributed by atoms with E-state index in [9.17, 15) is 0 Å². The van der Waals surface area contributed by atoms with Crippen LogP contribution in [0.15, 0.2) is 23.2 Å². The minimum absolute atomic E-state index is 0. The van der Waals surface area contributed by atoms with Gasteiger partial charge in [0.2, 0.25) is 6.79 Å². The molecule has 2 aliphatic heterocycles. The Morgan fingerprint density at radius 2 is 2.08 bits per heavy atom. The average Bonchev–Trinajstić information content (AvgIpc) is 3.00. The summed E-state index contributed by atoms with van der Waals surface area (Å²) in [4.78, 5) is 6.70. The Morgan fingerprint density at radius 3 is 2.83 bits per heavy atom. The smallest absolute Gasteiger partial charge is 0.231 e. The fourth-order valence-corrected chi connectivity index (χ4v) is 2.81. The molecule has 1 aromatic rings. The number of guanidine groups is 1. The molecular weight excluding hydrogens is 421 g/mol. The number of nitrogens with zero attached hydrogens (tertiary/aromatic N) is 2. The Labute approximate surface area is 160 Å². The van der Waals surface area contributed by atoms with Gasteiger partial charge in [0.1, 0.15) is 0 Å². The molecule has 1 fully saturated rings. The van der Waals surface area contributed by atoms with Gasteiger partial charge in [0.15, 0.2) is 17.5 Å². The number of morpholine rings is 1. The largest absolute Gasteiger partial charge is 0.454 e. The number of hydrogen-bond acceptors (Lipinski definition) is 4. The molecule has 0 saturated carbocycles. The van der Waals surface area contributed by atoms with Gasteiger partial charge in [-0.25, -0.2) is 0 Å². The molecule has 6 nitrogen and oxygen atoms in total. The molecule has 1 aromatic carbocycles. The van der Waals surface area contributed by atoms with Crippen molar-refractivity contribution in [2.24, 2.45) is 10.7 Å². The number of ether oxygens (including phenoxy) is 3. The SMILES string of the molecule is CC1CN(C(N)=NCC(C)(C)c2ccc3c(c2)OCO3)CCO1.I. The molecule has 3 rings (SSSR count). The van der Waals surface area contributed by atoms with Crippen molar-refractivity contribution in [1.29, 1.82) is 0 Å². The molecule has 2 heterocycles. The first kappa shape index (κ1) is 19.1. The highest BCUT2D eigenvalue weighted by Gasteiger charge is 2.25. The molecule has 0 spiro atoms. The summed E-state index contributed by atoms with van der Waals surface area (Å²) >= 11 is 0. The first-order chi connectivity index (χ1) is 11.0. The standard InChI is InChI=1S/C17H25N3O3.HI/c1-12-9-20(6-7-21-12)16(18)19-10-17(2,3)13-4-5-14-15(8-13)23-11-22-14;/h4-5,8,12H,6-7,9-11H2,1-3H3,(H2,18,19);1H. The van der Waals surface area contributed by atoms with Crippen molar-refractivity contribution in [3.63, 3.8) is 0 Å². The molecule has 7 heteroatoms. The molecule has 0 aromatic heterocycles. The van der Waals surface area contributed by atoms with Gasteiger partial charge in [-0.1, -0.05) is 19.9 Å². The van der Waals surface area contributed by atoms with Crippen LogP contribution in [-0.4, -0.2) is 50.0 Å². The zero-order chi connectivity index (χ0) is 16.4. The molecule has 1 atom stereocenters. The van der Waals surface area contributed by atoms with E-state index in [0.717, 1.165) is 30.2 Å². The van der Waals surface area contributed by atoms with E-state index in [1.54, 1.807) is 0 Å². The first-order valence-corrected chi connectivity index (χ1v) is 8.02. The van der Waals surface area contributed by atoms with Gasteiger partial charge in [-0.15, -0.1) is 24.0 Å². The lowest BCUT2D eigenvalue weighted by Gasteiger charge is -2.32. The minimum atomic E-state index is -0.135. The van der Waals surface area contributed by atoms with Gasteiger partial charge in [-0.3, -0.25) is 4.99 Å². The van der Waals surface area contributed by atoms with E-state index in [2.05, 4.69) is 36.7 Å². The Hall–Kier alpha value is -1.22. The van der Waals surface area contributed by atoms with Gasteiger partial charge < -0.3 is 24.8 Å². The summed E-state index contributed by atoms with van der Waals surface area (Å²) in [5.74, 6) is 2.19. The van der Waals surface area contributed by atoms with Crippen LogP contribution in [0.5, 0.6) is 11.5 Å². The zero-order valence-electron chi connectivity index (χ0n) is 14.4. The normalized spacial score (nSPS) is 20.7. The van der Waals surface area contributed by atoms with Crippen molar-refractivity contribution in [2.45, 2.75) is 32.3 Å². The van der Waals surface area contributed by atoms with E-state index in [1.807, 2.05) is 12.1 Å². The number of benzene rings is 1. The van der Waals surface area contributed by atoms with Gasteiger partial charge in [0.25, 0.3) is 0 Å². The van der Waals surface area contributed by atoms with Gasteiger partial charge in [0.05, 0.1) is 19.3 Å². The monoisotopic (exact) mass is 447 g/mol. The van der Waals surface area contributed by atoms with Crippen molar-refractivity contribution in [2.75, 3.05) is 33.0 Å². The van der Waals surface area contributed by atoms with Crippen molar-refractivity contribution in [1.82, 2.24) is 4.90 Å². The molecule has 1 unspecified atom stereocenters. The van der Waals surface area contributed by atoms with Crippen LogP contribution in [0.3, 0.4) is 0 Å². The Bertz CT molecular complexity index is 607. The molecule has 0 amide bonds. The highest BCUT2D eigenvalue weighted by molar-refractivity contribution is 14.0. The maximum absolute atomic E-state index is 6.16. The molecular formula is C17H26IN3O3. The number of halogens is 1. The fourth-order valence-electron chi connectivity index (χ4n) is 2.81. The Morgan fingerprint density at radius 1 is 1.33 bits per heavy atom. The van der Waals surface area contributed by atoms with Crippen LogP contribution in [0.25, 0.3) is 0 Å². The topological polar surface area (TPSA) is 69.3 Å². The summed E-state index contributed by atoms with van der Waals surface area (Å²) in [6.45, 7) is 9.55. The quantitative estimate of drug-likeness (QED) is 0.438. The predicted octanol–water partition coefficient (Wildman–Crippen LogP) is 2.35. The van der Waals surface area contributed by atoms with Gasteiger partial charge in [-0.2, -0.15) is 0 Å². The Balaban J connectivity index is 0.00000208. The summed E-state index contributed by atoms with van der Waals surface area (Å²) in [5.41, 5.74) is 7.19. The molecule has 0 aliphatic carbocycles. The highest BCUT2D eigenvalue weighted by atomic mass is 127. The third-order valence-electron chi connectivity index (χ3n) is 4.36. The van der Waals surface area contributed by atoms with E-state index < -0.39 is 0 Å². The Kier molecular flexibility index (Phi) is 6.19. The van der Waals surface area contributed by atoms with Crippen molar-refractivity contribution in [3.8, 4) is 11.5 Å². The van der Waals surface area contributed by atoms with Gasteiger partial charge >= 0.3 is 0 Å². The van der Waals surface area contributed by atoms with Crippen molar-refractivity contribution >= 4 is 29.9 Å². The number of fused-ring (bicyclic) bond motifs is 1. The highest BCUT2D eigenvalue weighted by Crippen LogP contribution is 2.36. The first-order valence-electron chi connectivity index (χ1n) is 8.02. The predicted molar refractivity (Wildman–Crippen MR) is 104 cm³/mol. The second-order valence-electron chi connectivity index (χ2n) is 6.75. The molecule has 2 aliphatic rings. The van der Waals surface area contributed by atoms with Crippen LogP contribution in [0.4, 0.5) is 0 Å². The lowest BCUT2D eigenvalue weighted by Crippen LogP contribution is -2.48. The van der Waals surface area contributed by atoms with E-state index in [0.29, 0.717) is 25.9 Å². The summed E-state index contributed by atoms with van der Waals surface area (Å²) in [7, 11) is 0. The summed E-state index contributed by atoms with van der Waals surface area (Å²) < 4.78 is 16.4. The number of aliphatic imine (C=N–C) groups is 1. The van der Waals surface area contributed by atoms with E-state index in [1.165, 1.54) is 0 Å². The zero-order valence-corrected chi connectivity index (χ0v) is 16.8. The third kappa shape index (κ3) is 4.24. The second-order valence-corrected chi connectivity index (χ2v) is 6.75. The lowest BCUT2D eigenvalue weighted by molar-refractivity contribution is 0.00527. The fraction of sp³-hybridized carbons (Fsp3) is 0.588. The molecule has 2 N–H and O–H groups in total.